The number of esters is 1. The first-order valence-electron chi connectivity index (χ1n) is 5.67. The van der Waals surface area contributed by atoms with Crippen LogP contribution in [-0.4, -0.2) is 18.6 Å². The highest BCUT2D eigenvalue weighted by atomic mass is 16.5. The first-order chi connectivity index (χ1) is 7.67. The van der Waals surface area contributed by atoms with E-state index < -0.39 is 0 Å². The molecule has 0 amide bonds. The Kier molecular flexibility index (Phi) is 4.99. The molecule has 3 nitrogen and oxygen atoms in total. The smallest absolute Gasteiger partial charge is 0.338 e. The topological polar surface area (TPSA) is 52.3 Å². The minimum Gasteiger partial charge on any atom is -0.459 e. The monoisotopic (exact) mass is 221 g/mol. The van der Waals surface area contributed by atoms with Crippen LogP contribution in [-0.2, 0) is 11.2 Å². The standard InChI is InChI=1S/C13H19NO2/c1-3-10(2)16-13(15)12-6-4-11(5-7-12)8-9-14/h4-7,10H,3,8-9,14H2,1-2H3. The molecule has 0 aromatic heterocycles. The Balaban J connectivity index is 2.63. The molecule has 0 heterocycles. The molecule has 0 aliphatic heterocycles. The molecule has 3 heteroatoms. The molecule has 16 heavy (non-hydrogen) atoms. The van der Waals surface area contributed by atoms with Crippen molar-refractivity contribution in [2.75, 3.05) is 6.54 Å². The van der Waals surface area contributed by atoms with Crippen LogP contribution in [0.25, 0.3) is 0 Å². The van der Waals surface area contributed by atoms with Gasteiger partial charge in [0.15, 0.2) is 0 Å². The summed E-state index contributed by atoms with van der Waals surface area (Å²) in [6.07, 6.45) is 1.63. The molecule has 88 valence electrons. The van der Waals surface area contributed by atoms with Gasteiger partial charge in [-0.05, 0) is 44.0 Å². The highest BCUT2D eigenvalue weighted by molar-refractivity contribution is 5.89. The predicted molar refractivity (Wildman–Crippen MR) is 64.4 cm³/mol. The van der Waals surface area contributed by atoms with Crippen LogP contribution in [0.1, 0.15) is 36.2 Å². The summed E-state index contributed by atoms with van der Waals surface area (Å²) in [7, 11) is 0. The third-order valence-corrected chi connectivity index (χ3v) is 2.51. The summed E-state index contributed by atoms with van der Waals surface area (Å²) in [6, 6.07) is 7.41. The zero-order valence-electron chi connectivity index (χ0n) is 9.90. The van der Waals surface area contributed by atoms with Crippen molar-refractivity contribution in [3.05, 3.63) is 35.4 Å². The molecule has 0 bridgehead atoms. The van der Waals surface area contributed by atoms with E-state index >= 15 is 0 Å². The van der Waals surface area contributed by atoms with Crippen LogP contribution >= 0.6 is 0 Å². The fourth-order valence-electron chi connectivity index (χ4n) is 1.31. The van der Waals surface area contributed by atoms with Gasteiger partial charge in [0.05, 0.1) is 11.7 Å². The number of ether oxygens (including phenoxy) is 1. The van der Waals surface area contributed by atoms with Crippen molar-refractivity contribution in [1.82, 2.24) is 0 Å². The van der Waals surface area contributed by atoms with E-state index in [1.807, 2.05) is 26.0 Å². The van der Waals surface area contributed by atoms with E-state index in [0.29, 0.717) is 12.1 Å². The van der Waals surface area contributed by atoms with Gasteiger partial charge in [-0.15, -0.1) is 0 Å². The summed E-state index contributed by atoms with van der Waals surface area (Å²) >= 11 is 0. The molecule has 0 spiro atoms. The Morgan fingerprint density at radius 3 is 2.50 bits per heavy atom. The van der Waals surface area contributed by atoms with Gasteiger partial charge in [-0.1, -0.05) is 19.1 Å². The van der Waals surface area contributed by atoms with Crippen molar-refractivity contribution >= 4 is 5.97 Å². The van der Waals surface area contributed by atoms with E-state index in [1.54, 1.807) is 12.1 Å². The van der Waals surface area contributed by atoms with Crippen molar-refractivity contribution in [3.8, 4) is 0 Å². The maximum atomic E-state index is 11.6. The van der Waals surface area contributed by atoms with Crippen molar-refractivity contribution in [2.24, 2.45) is 5.73 Å². The second-order valence-corrected chi connectivity index (χ2v) is 3.86. The molecule has 0 saturated heterocycles. The van der Waals surface area contributed by atoms with Gasteiger partial charge < -0.3 is 10.5 Å². The first kappa shape index (κ1) is 12.7. The lowest BCUT2D eigenvalue weighted by Crippen LogP contribution is -2.14. The lowest BCUT2D eigenvalue weighted by atomic mass is 10.1. The number of benzene rings is 1. The van der Waals surface area contributed by atoms with E-state index in [1.165, 1.54) is 0 Å². The minimum atomic E-state index is -0.256. The van der Waals surface area contributed by atoms with Gasteiger partial charge in [0.2, 0.25) is 0 Å². The molecular weight excluding hydrogens is 202 g/mol. The Labute approximate surface area is 96.6 Å². The quantitative estimate of drug-likeness (QED) is 0.775. The zero-order valence-corrected chi connectivity index (χ0v) is 9.90. The van der Waals surface area contributed by atoms with Gasteiger partial charge in [-0.3, -0.25) is 0 Å². The fourth-order valence-corrected chi connectivity index (χ4v) is 1.31. The van der Waals surface area contributed by atoms with Gasteiger partial charge >= 0.3 is 5.97 Å². The molecule has 1 unspecified atom stereocenters. The number of rotatable bonds is 5. The number of nitrogens with two attached hydrogens (primary N) is 1. The largest absolute Gasteiger partial charge is 0.459 e. The van der Waals surface area contributed by atoms with E-state index in [-0.39, 0.29) is 12.1 Å². The van der Waals surface area contributed by atoms with Crippen LogP contribution < -0.4 is 5.73 Å². The Hall–Kier alpha value is -1.35. The van der Waals surface area contributed by atoms with Crippen LogP contribution in [0.4, 0.5) is 0 Å². The lowest BCUT2D eigenvalue weighted by Gasteiger charge is -2.10. The van der Waals surface area contributed by atoms with Gasteiger partial charge in [-0.2, -0.15) is 0 Å². The molecule has 1 aromatic carbocycles. The second-order valence-electron chi connectivity index (χ2n) is 3.86. The van der Waals surface area contributed by atoms with Crippen molar-refractivity contribution in [1.29, 1.82) is 0 Å². The molecule has 0 fully saturated rings. The Morgan fingerprint density at radius 1 is 1.38 bits per heavy atom. The van der Waals surface area contributed by atoms with E-state index in [4.69, 9.17) is 10.5 Å². The van der Waals surface area contributed by atoms with E-state index in [2.05, 4.69) is 0 Å². The summed E-state index contributed by atoms with van der Waals surface area (Å²) < 4.78 is 5.22. The molecule has 0 saturated carbocycles. The van der Waals surface area contributed by atoms with E-state index in [0.717, 1.165) is 18.4 Å². The third kappa shape index (κ3) is 3.66. The molecule has 1 rings (SSSR count). The molecule has 0 radical (unpaired) electrons. The summed E-state index contributed by atoms with van der Waals surface area (Å²) in [4.78, 5) is 11.6. The van der Waals surface area contributed by atoms with Gasteiger partial charge in [0.25, 0.3) is 0 Å². The van der Waals surface area contributed by atoms with Crippen LogP contribution in [0.15, 0.2) is 24.3 Å². The number of carbonyl (C=O) groups excluding carboxylic acids is 1. The predicted octanol–water partition coefficient (Wildman–Crippen LogP) is 2.14. The van der Waals surface area contributed by atoms with Crippen LogP contribution in [0, 0.1) is 0 Å². The summed E-state index contributed by atoms with van der Waals surface area (Å²) in [5.74, 6) is -0.256. The van der Waals surface area contributed by atoms with Crippen molar-refractivity contribution in [3.63, 3.8) is 0 Å². The highest BCUT2D eigenvalue weighted by Gasteiger charge is 2.09. The molecular formula is C13H19NO2. The van der Waals surface area contributed by atoms with Gasteiger partial charge in [-0.25, -0.2) is 4.79 Å². The average molecular weight is 221 g/mol. The van der Waals surface area contributed by atoms with Gasteiger partial charge in [0.1, 0.15) is 0 Å². The van der Waals surface area contributed by atoms with E-state index in [9.17, 15) is 4.79 Å². The molecule has 0 aliphatic carbocycles. The minimum absolute atomic E-state index is 0.0313. The summed E-state index contributed by atoms with van der Waals surface area (Å²) in [6.45, 7) is 4.50. The fraction of sp³-hybridized carbons (Fsp3) is 0.462. The second kappa shape index (κ2) is 6.28. The normalized spacial score (nSPS) is 12.2. The van der Waals surface area contributed by atoms with Crippen LogP contribution in [0.2, 0.25) is 0 Å². The summed E-state index contributed by atoms with van der Waals surface area (Å²) in [5, 5.41) is 0. The SMILES string of the molecule is CCC(C)OC(=O)c1ccc(CCN)cc1. The number of carbonyl (C=O) groups is 1. The number of hydrogen-bond acceptors (Lipinski definition) is 3. The Morgan fingerprint density at radius 2 is 2.00 bits per heavy atom. The lowest BCUT2D eigenvalue weighted by molar-refractivity contribution is 0.0334. The van der Waals surface area contributed by atoms with Crippen LogP contribution in [0.5, 0.6) is 0 Å². The third-order valence-electron chi connectivity index (χ3n) is 2.51. The maximum absolute atomic E-state index is 11.6. The molecule has 2 N–H and O–H groups in total. The molecule has 0 aliphatic rings. The van der Waals surface area contributed by atoms with Gasteiger partial charge in [0, 0.05) is 0 Å². The maximum Gasteiger partial charge on any atom is 0.338 e. The highest BCUT2D eigenvalue weighted by Crippen LogP contribution is 2.08. The van der Waals surface area contributed by atoms with Crippen molar-refractivity contribution < 1.29 is 9.53 Å². The zero-order chi connectivity index (χ0) is 12.0. The number of hydrogen-bond donors (Lipinski definition) is 1. The summed E-state index contributed by atoms with van der Waals surface area (Å²) in [5.41, 5.74) is 7.19. The van der Waals surface area contributed by atoms with Crippen LogP contribution in [0.3, 0.4) is 0 Å². The molecule has 1 atom stereocenters. The Bertz CT molecular complexity index is 332. The average Bonchev–Trinajstić information content (AvgIpc) is 2.30. The van der Waals surface area contributed by atoms with Crippen molar-refractivity contribution in [2.45, 2.75) is 32.8 Å². The first-order valence-corrected chi connectivity index (χ1v) is 5.67. The molecule has 1 aromatic rings.